The summed E-state index contributed by atoms with van der Waals surface area (Å²) in [6.45, 7) is 2.31. The van der Waals surface area contributed by atoms with Crippen molar-refractivity contribution >= 4 is 11.4 Å². The van der Waals surface area contributed by atoms with Gasteiger partial charge in [-0.05, 0) is 49.9 Å². The number of halogens is 1. The standard InChI is InChI=1S/C16H21FN2O/c1-2-20-13-7-12(11(18)6-10(13)17)19-16-14-8-3-4-9(5-8)15(14)16/h6-9,14-16,19H,2-5,18H2,1H3. The van der Waals surface area contributed by atoms with Crippen LogP contribution in [0.25, 0.3) is 0 Å². The highest BCUT2D eigenvalue weighted by Crippen LogP contribution is 2.66. The zero-order valence-corrected chi connectivity index (χ0v) is 11.7. The highest BCUT2D eigenvalue weighted by molar-refractivity contribution is 5.69. The monoisotopic (exact) mass is 276 g/mol. The van der Waals surface area contributed by atoms with E-state index in [1.807, 2.05) is 6.92 Å². The molecule has 4 unspecified atom stereocenters. The van der Waals surface area contributed by atoms with Gasteiger partial charge in [-0.25, -0.2) is 4.39 Å². The second-order valence-electron chi connectivity index (χ2n) is 6.46. The molecule has 0 amide bonds. The van der Waals surface area contributed by atoms with Crippen molar-refractivity contribution in [3.63, 3.8) is 0 Å². The summed E-state index contributed by atoms with van der Waals surface area (Å²) in [4.78, 5) is 0. The summed E-state index contributed by atoms with van der Waals surface area (Å²) >= 11 is 0. The Balaban J connectivity index is 1.53. The van der Waals surface area contributed by atoms with Crippen LogP contribution in [0.5, 0.6) is 5.75 Å². The number of ether oxygens (including phenoxy) is 1. The van der Waals surface area contributed by atoms with Crippen LogP contribution < -0.4 is 15.8 Å². The van der Waals surface area contributed by atoms with Crippen LogP contribution in [0.3, 0.4) is 0 Å². The molecule has 20 heavy (non-hydrogen) atoms. The molecule has 4 rings (SSSR count). The molecule has 3 saturated carbocycles. The van der Waals surface area contributed by atoms with Gasteiger partial charge in [-0.2, -0.15) is 0 Å². The average Bonchev–Trinajstić information content (AvgIpc) is 2.81. The predicted octanol–water partition coefficient (Wildman–Crippen LogP) is 3.26. The fraction of sp³-hybridized carbons (Fsp3) is 0.625. The van der Waals surface area contributed by atoms with Gasteiger partial charge in [-0.15, -0.1) is 0 Å². The first kappa shape index (κ1) is 12.3. The minimum Gasteiger partial charge on any atom is -0.491 e. The first-order valence-electron chi connectivity index (χ1n) is 7.67. The lowest BCUT2D eigenvalue weighted by Gasteiger charge is -2.15. The zero-order chi connectivity index (χ0) is 13.9. The topological polar surface area (TPSA) is 47.3 Å². The second-order valence-corrected chi connectivity index (χ2v) is 6.46. The molecule has 4 atom stereocenters. The number of rotatable bonds is 4. The Labute approximate surface area is 118 Å². The number of hydrogen-bond donors (Lipinski definition) is 2. The fourth-order valence-corrected chi connectivity index (χ4v) is 4.66. The van der Waals surface area contributed by atoms with E-state index >= 15 is 0 Å². The molecular formula is C16H21FN2O. The molecule has 0 heterocycles. The molecule has 3 aliphatic rings. The number of benzene rings is 1. The summed E-state index contributed by atoms with van der Waals surface area (Å²) in [6.07, 6.45) is 4.22. The van der Waals surface area contributed by atoms with Gasteiger partial charge >= 0.3 is 0 Å². The molecule has 0 spiro atoms. The molecule has 0 aliphatic heterocycles. The molecule has 2 bridgehead atoms. The van der Waals surface area contributed by atoms with Gasteiger partial charge in [0.15, 0.2) is 11.6 Å². The normalized spacial score (nSPS) is 36.8. The van der Waals surface area contributed by atoms with E-state index in [9.17, 15) is 4.39 Å². The molecule has 108 valence electrons. The largest absolute Gasteiger partial charge is 0.491 e. The third-order valence-electron chi connectivity index (χ3n) is 5.46. The Morgan fingerprint density at radius 3 is 2.65 bits per heavy atom. The van der Waals surface area contributed by atoms with Crippen molar-refractivity contribution in [2.75, 3.05) is 17.7 Å². The zero-order valence-electron chi connectivity index (χ0n) is 11.7. The second kappa shape index (κ2) is 4.27. The SMILES string of the molecule is CCOc1cc(NC2C3C4CCC(C4)C23)c(N)cc1F. The molecule has 1 aromatic rings. The summed E-state index contributed by atoms with van der Waals surface area (Å²) in [5, 5.41) is 3.54. The third-order valence-corrected chi connectivity index (χ3v) is 5.46. The van der Waals surface area contributed by atoms with Crippen molar-refractivity contribution in [1.82, 2.24) is 0 Å². The minimum atomic E-state index is -0.383. The van der Waals surface area contributed by atoms with E-state index in [1.54, 1.807) is 6.07 Å². The number of hydrogen-bond acceptors (Lipinski definition) is 3. The van der Waals surface area contributed by atoms with Crippen molar-refractivity contribution in [2.24, 2.45) is 23.7 Å². The Hall–Kier alpha value is -1.45. The summed E-state index contributed by atoms with van der Waals surface area (Å²) in [5.74, 6) is 3.39. The summed E-state index contributed by atoms with van der Waals surface area (Å²) in [7, 11) is 0. The van der Waals surface area contributed by atoms with Crippen LogP contribution in [0.15, 0.2) is 12.1 Å². The van der Waals surface area contributed by atoms with E-state index in [-0.39, 0.29) is 11.6 Å². The molecule has 4 heteroatoms. The quantitative estimate of drug-likeness (QED) is 0.830. The van der Waals surface area contributed by atoms with E-state index < -0.39 is 0 Å². The number of anilines is 2. The minimum absolute atomic E-state index is 0.290. The molecule has 1 aromatic carbocycles. The maximum atomic E-state index is 13.7. The van der Waals surface area contributed by atoms with Crippen molar-refractivity contribution < 1.29 is 9.13 Å². The lowest BCUT2D eigenvalue weighted by molar-refractivity contribution is 0.322. The maximum Gasteiger partial charge on any atom is 0.167 e. The van der Waals surface area contributed by atoms with Gasteiger partial charge in [-0.1, -0.05) is 0 Å². The van der Waals surface area contributed by atoms with Crippen LogP contribution in [-0.2, 0) is 0 Å². The summed E-state index contributed by atoms with van der Waals surface area (Å²) < 4.78 is 19.0. The molecule has 0 saturated heterocycles. The molecule has 0 aromatic heterocycles. The molecular weight excluding hydrogens is 255 g/mol. The summed E-state index contributed by atoms with van der Waals surface area (Å²) in [6, 6.07) is 3.62. The number of fused-ring (bicyclic) bond motifs is 5. The molecule has 3 N–H and O–H groups in total. The van der Waals surface area contributed by atoms with E-state index in [4.69, 9.17) is 10.5 Å². The molecule has 3 fully saturated rings. The van der Waals surface area contributed by atoms with Gasteiger partial charge in [0.25, 0.3) is 0 Å². The van der Waals surface area contributed by atoms with E-state index in [2.05, 4.69) is 5.32 Å². The van der Waals surface area contributed by atoms with Crippen LogP contribution in [0.2, 0.25) is 0 Å². The first-order chi connectivity index (χ1) is 9.69. The van der Waals surface area contributed by atoms with Crippen molar-refractivity contribution in [3.05, 3.63) is 17.9 Å². The van der Waals surface area contributed by atoms with Crippen molar-refractivity contribution in [2.45, 2.75) is 32.2 Å². The van der Waals surface area contributed by atoms with E-state index in [0.717, 1.165) is 29.4 Å². The van der Waals surface area contributed by atoms with Crippen molar-refractivity contribution in [3.8, 4) is 5.75 Å². The molecule has 0 radical (unpaired) electrons. The average molecular weight is 276 g/mol. The Morgan fingerprint density at radius 2 is 2.00 bits per heavy atom. The van der Waals surface area contributed by atoms with Gasteiger partial charge < -0.3 is 15.8 Å². The van der Waals surface area contributed by atoms with E-state index in [1.165, 1.54) is 25.3 Å². The Bertz CT molecular complexity index is 532. The van der Waals surface area contributed by atoms with Crippen molar-refractivity contribution in [1.29, 1.82) is 0 Å². The lowest BCUT2D eigenvalue weighted by atomic mass is 10.0. The first-order valence-corrected chi connectivity index (χ1v) is 7.67. The van der Waals surface area contributed by atoms with Crippen LogP contribution in [-0.4, -0.2) is 12.6 Å². The van der Waals surface area contributed by atoms with Gasteiger partial charge in [0.1, 0.15) is 0 Å². The van der Waals surface area contributed by atoms with Gasteiger partial charge in [0.2, 0.25) is 0 Å². The van der Waals surface area contributed by atoms with Gasteiger partial charge in [-0.3, -0.25) is 0 Å². The molecule has 3 aliphatic carbocycles. The van der Waals surface area contributed by atoms with Crippen LogP contribution in [0.1, 0.15) is 26.2 Å². The highest BCUT2D eigenvalue weighted by Gasteiger charge is 2.65. The highest BCUT2D eigenvalue weighted by atomic mass is 19.1. The summed E-state index contributed by atoms with van der Waals surface area (Å²) in [5.41, 5.74) is 7.24. The van der Waals surface area contributed by atoms with Gasteiger partial charge in [0.05, 0.1) is 18.0 Å². The van der Waals surface area contributed by atoms with Crippen LogP contribution >= 0.6 is 0 Å². The number of nitrogens with two attached hydrogens (primary N) is 1. The predicted molar refractivity (Wildman–Crippen MR) is 77.2 cm³/mol. The van der Waals surface area contributed by atoms with Crippen LogP contribution in [0.4, 0.5) is 15.8 Å². The Kier molecular flexibility index (Phi) is 2.63. The smallest absolute Gasteiger partial charge is 0.167 e. The number of nitrogen functional groups attached to an aromatic ring is 1. The van der Waals surface area contributed by atoms with E-state index in [0.29, 0.717) is 18.3 Å². The fourth-order valence-electron chi connectivity index (χ4n) is 4.66. The maximum absolute atomic E-state index is 13.7. The lowest BCUT2D eigenvalue weighted by Crippen LogP contribution is -2.14. The number of nitrogens with one attached hydrogen (secondary N) is 1. The van der Waals surface area contributed by atoms with Crippen LogP contribution in [0, 0.1) is 29.5 Å². The Morgan fingerprint density at radius 1 is 1.30 bits per heavy atom. The third kappa shape index (κ3) is 1.70. The van der Waals surface area contributed by atoms with Gasteiger partial charge in [0, 0.05) is 18.2 Å². The molecule has 3 nitrogen and oxygen atoms in total.